The largest absolute Gasteiger partial charge is 0.366 e. The zero-order valence-electron chi connectivity index (χ0n) is 18.2. The predicted molar refractivity (Wildman–Crippen MR) is 126 cm³/mol. The van der Waals surface area contributed by atoms with Crippen LogP contribution in [-0.4, -0.2) is 27.0 Å². The number of rotatable bonds is 5. The number of nitrogens with zero attached hydrogens (tertiary/aromatic N) is 3. The van der Waals surface area contributed by atoms with Crippen LogP contribution in [0.5, 0.6) is 0 Å². The van der Waals surface area contributed by atoms with Crippen molar-refractivity contribution in [2.24, 2.45) is 5.73 Å². The number of benzene rings is 2. The molecule has 0 spiro atoms. The smallest absolute Gasteiger partial charge is 0.249 e. The Balaban J connectivity index is 1.65. The Hall–Kier alpha value is -3.71. The van der Waals surface area contributed by atoms with Crippen LogP contribution in [0.3, 0.4) is 0 Å². The monoisotopic (exact) mass is 426 g/mol. The van der Waals surface area contributed by atoms with Crippen LogP contribution >= 0.6 is 0 Å². The van der Waals surface area contributed by atoms with Gasteiger partial charge in [-0.25, -0.2) is 4.98 Å². The molecule has 7 nitrogen and oxygen atoms in total. The maximum Gasteiger partial charge on any atom is 0.249 e. The molecule has 32 heavy (non-hydrogen) atoms. The van der Waals surface area contributed by atoms with E-state index in [4.69, 9.17) is 15.7 Å². The normalized spacial score (nSPS) is 15.5. The lowest BCUT2D eigenvalue weighted by Gasteiger charge is -2.26. The maximum absolute atomic E-state index is 11.9. The number of nitrogens with two attached hydrogens (primary N) is 1. The molecule has 0 aliphatic carbocycles. The molecule has 3 heterocycles. The van der Waals surface area contributed by atoms with Crippen molar-refractivity contribution < 1.29 is 4.79 Å². The summed E-state index contributed by atoms with van der Waals surface area (Å²) in [5.74, 6) is 1.30. The Bertz CT molecular complexity index is 1310. The van der Waals surface area contributed by atoms with Gasteiger partial charge in [0.2, 0.25) is 11.9 Å². The summed E-state index contributed by atoms with van der Waals surface area (Å²) in [7, 11) is 0. The second-order valence-electron chi connectivity index (χ2n) is 8.33. The summed E-state index contributed by atoms with van der Waals surface area (Å²) in [6.45, 7) is 6.45. The molecular weight excluding hydrogens is 400 g/mol. The third kappa shape index (κ3) is 3.50. The molecule has 1 aliphatic rings. The van der Waals surface area contributed by atoms with Crippen molar-refractivity contribution >= 4 is 22.6 Å². The van der Waals surface area contributed by atoms with Crippen LogP contribution < -0.4 is 16.4 Å². The number of primary amides is 1. The predicted octanol–water partition coefficient (Wildman–Crippen LogP) is 3.65. The molecule has 0 saturated carbocycles. The summed E-state index contributed by atoms with van der Waals surface area (Å²) < 4.78 is 2.00. The van der Waals surface area contributed by atoms with Crippen molar-refractivity contribution in [3.8, 4) is 5.95 Å². The van der Waals surface area contributed by atoms with Crippen molar-refractivity contribution in [1.29, 1.82) is 0 Å². The van der Waals surface area contributed by atoms with E-state index in [-0.39, 0.29) is 0 Å². The number of hydrogen-bond acceptors (Lipinski definition) is 5. The molecule has 2 aromatic heterocycles. The zero-order chi connectivity index (χ0) is 22.2. The van der Waals surface area contributed by atoms with Gasteiger partial charge in [0.15, 0.2) is 0 Å². The van der Waals surface area contributed by atoms with Gasteiger partial charge in [-0.15, -0.1) is 0 Å². The number of hydrogen-bond donors (Lipinski definition) is 3. The van der Waals surface area contributed by atoms with Gasteiger partial charge in [-0.05, 0) is 36.6 Å². The van der Waals surface area contributed by atoms with Crippen molar-refractivity contribution in [2.75, 3.05) is 11.9 Å². The minimum absolute atomic E-state index is 0.301. The molecule has 1 unspecified atom stereocenters. The van der Waals surface area contributed by atoms with Gasteiger partial charge in [-0.3, -0.25) is 9.36 Å². The Labute approximate surface area is 186 Å². The highest BCUT2D eigenvalue weighted by Gasteiger charge is 2.25. The molecule has 1 atom stereocenters. The topological polar surface area (TPSA) is 97.9 Å². The van der Waals surface area contributed by atoms with Crippen LogP contribution in [0.1, 0.15) is 45.7 Å². The molecule has 162 valence electrons. The molecule has 0 saturated heterocycles. The molecular formula is C25H26N6O. The van der Waals surface area contributed by atoms with Crippen molar-refractivity contribution in [3.63, 3.8) is 0 Å². The van der Waals surface area contributed by atoms with Crippen LogP contribution in [0.2, 0.25) is 0 Å². The Kier molecular flexibility index (Phi) is 5.11. The highest BCUT2D eigenvalue weighted by Crippen LogP contribution is 2.32. The Morgan fingerprint density at radius 2 is 2.00 bits per heavy atom. The van der Waals surface area contributed by atoms with Gasteiger partial charge in [0.05, 0.1) is 11.2 Å². The number of nitrogens with one attached hydrogen (secondary N) is 2. The Morgan fingerprint density at radius 1 is 1.19 bits per heavy atom. The van der Waals surface area contributed by atoms with Crippen LogP contribution in [0.4, 0.5) is 5.82 Å². The van der Waals surface area contributed by atoms with Gasteiger partial charge in [0, 0.05) is 41.8 Å². The van der Waals surface area contributed by atoms with E-state index in [0.29, 0.717) is 30.5 Å². The lowest BCUT2D eigenvalue weighted by Crippen LogP contribution is -2.30. The lowest BCUT2D eigenvalue weighted by molar-refractivity contribution is 0.100. The van der Waals surface area contributed by atoms with Gasteiger partial charge in [-0.2, -0.15) is 4.98 Å². The average molecular weight is 427 g/mol. The number of anilines is 1. The number of amides is 1. The van der Waals surface area contributed by atoms with Crippen LogP contribution in [-0.2, 0) is 13.1 Å². The maximum atomic E-state index is 11.9. The summed E-state index contributed by atoms with van der Waals surface area (Å²) in [6, 6.07) is 17.8. The van der Waals surface area contributed by atoms with Crippen molar-refractivity contribution in [3.05, 3.63) is 82.7 Å². The molecule has 7 heteroatoms. The van der Waals surface area contributed by atoms with E-state index in [1.807, 2.05) is 47.9 Å². The van der Waals surface area contributed by atoms with E-state index < -0.39 is 5.91 Å². The molecule has 0 fully saturated rings. The SMILES string of the molecule is Cc1cc2c(C(N)=O)cccc2n1-c1nc2c(c(NCc3ccccc3)n1)C(C)CNC2. The fourth-order valence-corrected chi connectivity index (χ4v) is 4.52. The summed E-state index contributed by atoms with van der Waals surface area (Å²) in [4.78, 5) is 21.9. The van der Waals surface area contributed by atoms with Gasteiger partial charge in [0.25, 0.3) is 0 Å². The molecule has 4 aromatic rings. The summed E-state index contributed by atoms with van der Waals surface area (Å²) in [6.07, 6.45) is 0. The second kappa shape index (κ2) is 8.09. The number of carbonyl (C=O) groups excluding carboxylic acids is 1. The molecule has 1 aliphatic heterocycles. The van der Waals surface area contributed by atoms with Crippen molar-refractivity contribution in [1.82, 2.24) is 19.9 Å². The molecule has 0 radical (unpaired) electrons. The summed E-state index contributed by atoms with van der Waals surface area (Å²) in [5, 5.41) is 7.81. The molecule has 2 aromatic carbocycles. The minimum Gasteiger partial charge on any atom is -0.366 e. The quantitative estimate of drug-likeness (QED) is 0.453. The number of aryl methyl sites for hydroxylation is 1. The zero-order valence-corrected chi connectivity index (χ0v) is 18.2. The average Bonchev–Trinajstić information content (AvgIpc) is 3.13. The molecule has 5 rings (SSSR count). The van der Waals surface area contributed by atoms with E-state index >= 15 is 0 Å². The lowest BCUT2D eigenvalue weighted by atomic mass is 9.96. The highest BCUT2D eigenvalue weighted by molar-refractivity contribution is 6.06. The van der Waals surface area contributed by atoms with Crippen molar-refractivity contribution in [2.45, 2.75) is 32.9 Å². The minimum atomic E-state index is -0.442. The van der Waals surface area contributed by atoms with Gasteiger partial charge in [-0.1, -0.05) is 43.3 Å². The Morgan fingerprint density at radius 3 is 2.78 bits per heavy atom. The van der Waals surface area contributed by atoms with Gasteiger partial charge >= 0.3 is 0 Å². The fraction of sp³-hybridized carbons (Fsp3) is 0.240. The third-order valence-electron chi connectivity index (χ3n) is 6.05. The van der Waals surface area contributed by atoms with Crippen LogP contribution in [0, 0.1) is 6.92 Å². The molecule has 0 bridgehead atoms. The van der Waals surface area contributed by atoms with E-state index in [2.05, 4.69) is 29.7 Å². The van der Waals surface area contributed by atoms with E-state index in [1.54, 1.807) is 6.07 Å². The number of carbonyl (C=O) groups is 1. The van der Waals surface area contributed by atoms with Gasteiger partial charge in [0.1, 0.15) is 5.82 Å². The van der Waals surface area contributed by atoms with Crippen LogP contribution in [0.15, 0.2) is 54.6 Å². The van der Waals surface area contributed by atoms with E-state index in [0.717, 1.165) is 40.2 Å². The number of aromatic nitrogens is 3. The molecule has 1 amide bonds. The van der Waals surface area contributed by atoms with E-state index in [1.165, 1.54) is 5.56 Å². The number of fused-ring (bicyclic) bond motifs is 2. The first kappa shape index (κ1) is 20.2. The highest BCUT2D eigenvalue weighted by atomic mass is 16.1. The summed E-state index contributed by atoms with van der Waals surface area (Å²) in [5.41, 5.74) is 11.3. The first-order valence-electron chi connectivity index (χ1n) is 10.8. The van der Waals surface area contributed by atoms with E-state index in [9.17, 15) is 4.79 Å². The third-order valence-corrected chi connectivity index (χ3v) is 6.05. The van der Waals surface area contributed by atoms with Crippen LogP contribution in [0.25, 0.3) is 16.9 Å². The fourth-order valence-electron chi connectivity index (χ4n) is 4.52. The van der Waals surface area contributed by atoms with Gasteiger partial charge < -0.3 is 16.4 Å². The standard InChI is InChI=1S/C25H26N6O/c1-15-12-27-14-20-22(15)24(28-13-17-7-4-3-5-8-17)30-25(29-20)31-16(2)11-19-18(23(26)32)9-6-10-21(19)31/h3-11,15,27H,12-14H2,1-2H3,(H2,26,32)(H,28,29,30). The second-order valence-corrected chi connectivity index (χ2v) is 8.33. The first-order valence-corrected chi connectivity index (χ1v) is 10.8. The summed E-state index contributed by atoms with van der Waals surface area (Å²) >= 11 is 0. The molecule has 4 N–H and O–H groups in total. The first-order chi connectivity index (χ1) is 15.5.